The maximum absolute atomic E-state index is 12.6. The summed E-state index contributed by atoms with van der Waals surface area (Å²) < 4.78 is 30.6. The fraction of sp³-hybridized carbons (Fsp3) is 1.00. The fourth-order valence-corrected chi connectivity index (χ4v) is 6.11. The Kier molecular flexibility index (Phi) is 3.80. The monoisotopic (exact) mass is 261 g/mol. The normalized spacial score (nSPS) is 43.1. The molecular weight excluding hydrogens is 238 g/mol. The zero-order valence-corrected chi connectivity index (χ0v) is 11.7. The second-order valence-electron chi connectivity index (χ2n) is 5.36. The molecule has 100 valence electrons. The van der Waals surface area contributed by atoms with Crippen molar-refractivity contribution in [3.05, 3.63) is 0 Å². The molecule has 0 spiro atoms. The van der Waals surface area contributed by atoms with Crippen LogP contribution in [0.4, 0.5) is 0 Å². The van der Waals surface area contributed by atoms with Gasteiger partial charge in [0.2, 0.25) is 0 Å². The molecule has 0 aromatic carbocycles. The van der Waals surface area contributed by atoms with E-state index in [1.165, 1.54) is 0 Å². The van der Waals surface area contributed by atoms with E-state index in [0.717, 1.165) is 12.8 Å². The highest BCUT2D eigenvalue weighted by molar-refractivity contribution is 7.92. The first-order valence-corrected chi connectivity index (χ1v) is 8.11. The topological polar surface area (TPSA) is 55.4 Å². The van der Waals surface area contributed by atoms with E-state index < -0.39 is 9.84 Å². The van der Waals surface area contributed by atoms with E-state index in [1.54, 1.807) is 0 Å². The molecule has 0 aromatic heterocycles. The highest BCUT2D eigenvalue weighted by Gasteiger charge is 2.46. The smallest absolute Gasteiger partial charge is 0.158 e. The lowest BCUT2D eigenvalue weighted by Crippen LogP contribution is -2.40. The minimum Gasteiger partial charge on any atom is -0.377 e. The average Bonchev–Trinajstić information content (AvgIpc) is 2.84. The first-order valence-electron chi connectivity index (χ1n) is 6.50. The van der Waals surface area contributed by atoms with Gasteiger partial charge in [-0.2, -0.15) is 0 Å². The highest BCUT2D eigenvalue weighted by atomic mass is 32.2. The first-order chi connectivity index (χ1) is 7.98. The molecule has 1 N–H and O–H groups in total. The molecule has 0 amide bonds. The molecule has 17 heavy (non-hydrogen) atoms. The predicted molar refractivity (Wildman–Crippen MR) is 67.8 cm³/mol. The maximum Gasteiger partial charge on any atom is 0.158 e. The van der Waals surface area contributed by atoms with Crippen molar-refractivity contribution in [2.75, 3.05) is 13.7 Å². The van der Waals surface area contributed by atoms with Crippen molar-refractivity contribution < 1.29 is 13.2 Å². The summed E-state index contributed by atoms with van der Waals surface area (Å²) in [5.74, 6) is 0.206. The largest absolute Gasteiger partial charge is 0.377 e. The summed E-state index contributed by atoms with van der Waals surface area (Å²) in [5.41, 5.74) is 0. The molecule has 1 heterocycles. The third-order valence-electron chi connectivity index (χ3n) is 4.50. The molecule has 1 aliphatic carbocycles. The highest BCUT2D eigenvalue weighted by Crippen LogP contribution is 2.36. The Morgan fingerprint density at radius 2 is 1.82 bits per heavy atom. The molecule has 5 unspecified atom stereocenters. The summed E-state index contributed by atoms with van der Waals surface area (Å²) in [6, 6.07) is 0.340. The summed E-state index contributed by atoms with van der Waals surface area (Å²) in [6.45, 7) is 4.52. The van der Waals surface area contributed by atoms with E-state index in [-0.39, 0.29) is 22.5 Å². The third-order valence-corrected chi connectivity index (χ3v) is 7.48. The van der Waals surface area contributed by atoms with Gasteiger partial charge in [-0.05, 0) is 39.2 Å². The van der Waals surface area contributed by atoms with Crippen LogP contribution < -0.4 is 5.32 Å². The lowest BCUT2D eigenvalue weighted by Gasteiger charge is -2.24. The van der Waals surface area contributed by atoms with Crippen LogP contribution in [-0.4, -0.2) is 44.7 Å². The van der Waals surface area contributed by atoms with Gasteiger partial charge in [-0.15, -0.1) is 0 Å². The van der Waals surface area contributed by atoms with Gasteiger partial charge in [-0.3, -0.25) is 0 Å². The summed E-state index contributed by atoms with van der Waals surface area (Å²) >= 11 is 0. The summed E-state index contributed by atoms with van der Waals surface area (Å²) in [4.78, 5) is 0. The number of rotatable bonds is 3. The van der Waals surface area contributed by atoms with E-state index >= 15 is 0 Å². The molecule has 5 atom stereocenters. The van der Waals surface area contributed by atoms with Crippen LogP contribution in [0.3, 0.4) is 0 Å². The van der Waals surface area contributed by atoms with Crippen molar-refractivity contribution in [2.24, 2.45) is 5.92 Å². The SMILES string of the molecule is CNC1CCC(S(=O)(=O)C2CCOC2C)C1C. The van der Waals surface area contributed by atoms with E-state index in [2.05, 4.69) is 12.2 Å². The van der Waals surface area contributed by atoms with Crippen LogP contribution >= 0.6 is 0 Å². The average molecular weight is 261 g/mol. The van der Waals surface area contributed by atoms with Gasteiger partial charge in [0.15, 0.2) is 9.84 Å². The molecule has 4 nitrogen and oxygen atoms in total. The van der Waals surface area contributed by atoms with Gasteiger partial charge >= 0.3 is 0 Å². The summed E-state index contributed by atoms with van der Waals surface area (Å²) in [7, 11) is -1.13. The molecule has 1 aliphatic heterocycles. The van der Waals surface area contributed by atoms with Crippen LogP contribution in [0.5, 0.6) is 0 Å². The molecule has 1 saturated carbocycles. The zero-order valence-electron chi connectivity index (χ0n) is 10.8. The van der Waals surface area contributed by atoms with E-state index in [4.69, 9.17) is 4.74 Å². The molecule has 2 rings (SSSR count). The number of hydrogen-bond donors (Lipinski definition) is 1. The van der Waals surface area contributed by atoms with Gasteiger partial charge in [-0.1, -0.05) is 6.92 Å². The molecular formula is C12H23NO3S. The minimum atomic E-state index is -3.04. The van der Waals surface area contributed by atoms with Crippen LogP contribution in [0.1, 0.15) is 33.1 Å². The molecule has 0 bridgehead atoms. The second kappa shape index (κ2) is 4.86. The standard InChI is InChI=1S/C12H23NO3S/c1-8-10(13-3)4-5-11(8)17(14,15)12-6-7-16-9(12)2/h8-13H,4-7H2,1-3H3. The Morgan fingerprint density at radius 3 is 2.29 bits per heavy atom. The molecule has 2 fully saturated rings. The number of nitrogens with one attached hydrogen (secondary N) is 1. The number of ether oxygens (including phenoxy) is 1. The van der Waals surface area contributed by atoms with Crippen LogP contribution in [-0.2, 0) is 14.6 Å². The Labute approximate surface area is 104 Å². The van der Waals surface area contributed by atoms with Crippen molar-refractivity contribution in [2.45, 2.75) is 55.8 Å². The lowest BCUT2D eigenvalue weighted by atomic mass is 10.1. The van der Waals surface area contributed by atoms with Crippen molar-refractivity contribution in [3.63, 3.8) is 0 Å². The van der Waals surface area contributed by atoms with E-state index in [0.29, 0.717) is 19.1 Å². The van der Waals surface area contributed by atoms with Gasteiger partial charge in [0, 0.05) is 12.6 Å². The third kappa shape index (κ3) is 2.25. The predicted octanol–water partition coefficient (Wildman–Crippen LogP) is 0.965. The summed E-state index contributed by atoms with van der Waals surface area (Å²) in [5, 5.41) is 2.75. The quantitative estimate of drug-likeness (QED) is 0.822. The van der Waals surface area contributed by atoms with Gasteiger partial charge in [0.1, 0.15) is 0 Å². The maximum atomic E-state index is 12.6. The van der Waals surface area contributed by atoms with Gasteiger partial charge in [0.25, 0.3) is 0 Å². The number of hydrogen-bond acceptors (Lipinski definition) is 4. The molecule has 1 saturated heterocycles. The first kappa shape index (κ1) is 13.3. The summed E-state index contributed by atoms with van der Waals surface area (Å²) in [6.07, 6.45) is 2.28. The van der Waals surface area contributed by atoms with Crippen molar-refractivity contribution in [1.82, 2.24) is 5.32 Å². The van der Waals surface area contributed by atoms with Crippen molar-refractivity contribution >= 4 is 9.84 Å². The van der Waals surface area contributed by atoms with Crippen molar-refractivity contribution in [3.8, 4) is 0 Å². The van der Waals surface area contributed by atoms with E-state index in [1.807, 2.05) is 14.0 Å². The Morgan fingerprint density at radius 1 is 1.12 bits per heavy atom. The van der Waals surface area contributed by atoms with Crippen LogP contribution in [0.2, 0.25) is 0 Å². The van der Waals surface area contributed by atoms with Crippen LogP contribution in [0, 0.1) is 5.92 Å². The Bertz CT molecular complexity index is 368. The molecule has 5 heteroatoms. The van der Waals surface area contributed by atoms with Gasteiger partial charge in [0.05, 0.1) is 16.6 Å². The fourth-order valence-electron chi connectivity index (χ4n) is 3.37. The van der Waals surface area contributed by atoms with Gasteiger partial charge < -0.3 is 10.1 Å². The molecule has 2 aliphatic rings. The Balaban J connectivity index is 2.16. The second-order valence-corrected chi connectivity index (χ2v) is 7.75. The van der Waals surface area contributed by atoms with Crippen LogP contribution in [0.15, 0.2) is 0 Å². The molecule has 0 aromatic rings. The number of sulfone groups is 1. The lowest BCUT2D eigenvalue weighted by molar-refractivity contribution is 0.126. The Hall–Kier alpha value is -0.130. The molecule has 0 radical (unpaired) electrons. The van der Waals surface area contributed by atoms with E-state index in [9.17, 15) is 8.42 Å². The van der Waals surface area contributed by atoms with Gasteiger partial charge in [-0.25, -0.2) is 8.42 Å². The zero-order chi connectivity index (χ0) is 12.6. The van der Waals surface area contributed by atoms with Crippen LogP contribution in [0.25, 0.3) is 0 Å². The van der Waals surface area contributed by atoms with Crippen molar-refractivity contribution in [1.29, 1.82) is 0 Å². The minimum absolute atomic E-state index is 0.138.